The molecule has 0 radical (unpaired) electrons. The van der Waals surface area contributed by atoms with Crippen molar-refractivity contribution in [3.63, 3.8) is 0 Å². The molecule has 9 heteroatoms. The van der Waals surface area contributed by atoms with E-state index in [4.69, 9.17) is 4.74 Å². The van der Waals surface area contributed by atoms with Gasteiger partial charge < -0.3 is 4.74 Å². The molecule has 32 heavy (non-hydrogen) atoms. The summed E-state index contributed by atoms with van der Waals surface area (Å²) in [6.45, 7) is 2.49. The first kappa shape index (κ1) is 21.3. The lowest BCUT2D eigenvalue weighted by atomic mass is 10.1. The van der Waals surface area contributed by atoms with E-state index in [9.17, 15) is 14.4 Å². The predicted molar refractivity (Wildman–Crippen MR) is 122 cm³/mol. The highest BCUT2D eigenvalue weighted by molar-refractivity contribution is 7.09. The number of aryl methyl sites for hydroxylation is 1. The van der Waals surface area contributed by atoms with E-state index in [1.807, 2.05) is 17.5 Å². The molecule has 0 atom stereocenters. The van der Waals surface area contributed by atoms with Crippen molar-refractivity contribution in [3.8, 4) is 5.75 Å². The molecule has 4 rings (SSSR count). The van der Waals surface area contributed by atoms with Gasteiger partial charge in [-0.2, -0.15) is 5.10 Å². The number of nitrogens with one attached hydrogen (secondary N) is 2. The lowest BCUT2D eigenvalue weighted by Crippen LogP contribution is -2.42. The first-order chi connectivity index (χ1) is 15.6. The Morgan fingerprint density at radius 1 is 1.00 bits per heavy atom. The van der Waals surface area contributed by atoms with E-state index in [1.165, 1.54) is 4.68 Å². The van der Waals surface area contributed by atoms with E-state index in [1.54, 1.807) is 66.8 Å². The number of thiophene rings is 1. The Balaban J connectivity index is 1.47. The summed E-state index contributed by atoms with van der Waals surface area (Å²) >= 11 is 1.59. The van der Waals surface area contributed by atoms with Gasteiger partial charge >= 0.3 is 0 Å². The Kier molecular flexibility index (Phi) is 6.27. The number of carbonyl (C=O) groups excluding carboxylic acids is 2. The van der Waals surface area contributed by atoms with Gasteiger partial charge in [0.1, 0.15) is 12.4 Å². The van der Waals surface area contributed by atoms with Crippen LogP contribution in [0.25, 0.3) is 10.8 Å². The SMILES string of the molecule is CCn1nc(C(=O)NNC(=O)c2cccc(OCc3cccs3)c2)c2ccccc2c1=O. The van der Waals surface area contributed by atoms with Crippen LogP contribution in [0.4, 0.5) is 0 Å². The van der Waals surface area contributed by atoms with Gasteiger partial charge in [-0.05, 0) is 42.6 Å². The Hall–Kier alpha value is -3.98. The Bertz CT molecular complexity index is 1330. The fourth-order valence-corrected chi connectivity index (χ4v) is 3.75. The van der Waals surface area contributed by atoms with Gasteiger partial charge in [0.15, 0.2) is 5.69 Å². The highest BCUT2D eigenvalue weighted by Gasteiger charge is 2.17. The van der Waals surface area contributed by atoms with Crippen LogP contribution >= 0.6 is 11.3 Å². The molecule has 2 N–H and O–H groups in total. The predicted octanol–water partition coefficient (Wildman–Crippen LogP) is 3.13. The van der Waals surface area contributed by atoms with E-state index >= 15 is 0 Å². The van der Waals surface area contributed by atoms with Crippen LogP contribution in [-0.2, 0) is 13.2 Å². The summed E-state index contributed by atoms with van der Waals surface area (Å²) < 4.78 is 6.94. The van der Waals surface area contributed by atoms with E-state index in [2.05, 4.69) is 16.0 Å². The van der Waals surface area contributed by atoms with Crippen molar-refractivity contribution in [2.45, 2.75) is 20.1 Å². The summed E-state index contributed by atoms with van der Waals surface area (Å²) in [4.78, 5) is 38.8. The van der Waals surface area contributed by atoms with Crippen LogP contribution in [0.2, 0.25) is 0 Å². The molecule has 0 saturated carbocycles. The fourth-order valence-electron chi connectivity index (χ4n) is 3.14. The standard InChI is InChI=1S/C23H20N4O4S/c1-2-27-23(30)19-11-4-3-10-18(19)20(26-27)22(29)25-24-21(28)15-7-5-8-16(13-15)31-14-17-9-6-12-32-17/h3-13H,2,14H2,1H3,(H,24,28)(H,25,29). The lowest BCUT2D eigenvalue weighted by molar-refractivity contribution is 0.0843. The molecule has 4 aromatic rings. The van der Waals surface area contributed by atoms with Crippen molar-refractivity contribution in [3.05, 3.63) is 92.5 Å². The smallest absolute Gasteiger partial charge is 0.290 e. The van der Waals surface area contributed by atoms with Crippen LogP contribution in [-0.4, -0.2) is 21.6 Å². The summed E-state index contributed by atoms with van der Waals surface area (Å²) in [5, 5.41) is 6.92. The zero-order chi connectivity index (χ0) is 22.5. The molecule has 0 aliphatic heterocycles. The molecule has 162 valence electrons. The van der Waals surface area contributed by atoms with Crippen LogP contribution in [0.1, 0.15) is 32.6 Å². The normalized spacial score (nSPS) is 10.7. The molecule has 0 bridgehead atoms. The van der Waals surface area contributed by atoms with Crippen LogP contribution in [0.15, 0.2) is 70.8 Å². The fraction of sp³-hybridized carbons (Fsp3) is 0.130. The van der Waals surface area contributed by atoms with Gasteiger partial charge in [0.05, 0.1) is 5.39 Å². The number of carbonyl (C=O) groups is 2. The molecular weight excluding hydrogens is 428 g/mol. The molecule has 0 unspecified atom stereocenters. The lowest BCUT2D eigenvalue weighted by Gasteiger charge is -2.11. The topological polar surface area (TPSA) is 102 Å². The molecule has 2 amide bonds. The van der Waals surface area contributed by atoms with Crippen molar-refractivity contribution in [1.82, 2.24) is 20.6 Å². The van der Waals surface area contributed by atoms with Gasteiger partial charge in [-0.3, -0.25) is 25.2 Å². The van der Waals surface area contributed by atoms with E-state index in [-0.39, 0.29) is 11.3 Å². The number of hydrogen-bond acceptors (Lipinski definition) is 6. The molecule has 0 saturated heterocycles. The van der Waals surface area contributed by atoms with Gasteiger partial charge in [0.25, 0.3) is 17.4 Å². The number of hydrazine groups is 1. The number of amides is 2. The van der Waals surface area contributed by atoms with Gasteiger partial charge in [0.2, 0.25) is 0 Å². The number of aromatic nitrogens is 2. The second-order valence-electron chi connectivity index (χ2n) is 6.82. The molecule has 0 aliphatic rings. The van der Waals surface area contributed by atoms with Crippen LogP contribution in [0.5, 0.6) is 5.75 Å². The quantitative estimate of drug-likeness (QED) is 0.441. The second-order valence-corrected chi connectivity index (χ2v) is 7.85. The number of nitrogens with zero attached hydrogens (tertiary/aromatic N) is 2. The zero-order valence-corrected chi connectivity index (χ0v) is 18.0. The molecule has 0 fully saturated rings. The second kappa shape index (κ2) is 9.44. The maximum Gasteiger partial charge on any atom is 0.290 e. The third kappa shape index (κ3) is 4.52. The Labute approximate surface area is 187 Å². The molecular formula is C23H20N4O4S. The average molecular weight is 449 g/mol. The van der Waals surface area contributed by atoms with Crippen LogP contribution in [0, 0.1) is 0 Å². The van der Waals surface area contributed by atoms with Crippen molar-refractivity contribution in [2.24, 2.45) is 0 Å². The minimum Gasteiger partial charge on any atom is -0.488 e. The van der Waals surface area contributed by atoms with Crippen molar-refractivity contribution < 1.29 is 14.3 Å². The summed E-state index contributed by atoms with van der Waals surface area (Å²) in [5.41, 5.74) is 4.87. The molecule has 2 aromatic heterocycles. The van der Waals surface area contributed by atoms with Crippen LogP contribution in [0.3, 0.4) is 0 Å². The summed E-state index contributed by atoms with van der Waals surface area (Å²) in [6.07, 6.45) is 0. The van der Waals surface area contributed by atoms with E-state index in [0.717, 1.165) is 4.88 Å². The molecule has 2 heterocycles. The minimum atomic E-state index is -0.623. The van der Waals surface area contributed by atoms with Gasteiger partial charge in [-0.15, -0.1) is 11.3 Å². The van der Waals surface area contributed by atoms with Gasteiger partial charge in [-0.25, -0.2) is 4.68 Å². The van der Waals surface area contributed by atoms with Crippen molar-refractivity contribution in [1.29, 1.82) is 0 Å². The monoisotopic (exact) mass is 448 g/mol. The third-order valence-electron chi connectivity index (χ3n) is 4.73. The van der Waals surface area contributed by atoms with Crippen molar-refractivity contribution in [2.75, 3.05) is 0 Å². The molecule has 0 aliphatic carbocycles. The number of benzene rings is 2. The minimum absolute atomic E-state index is 0.0513. The molecule has 0 spiro atoms. The highest BCUT2D eigenvalue weighted by Crippen LogP contribution is 2.17. The molecule has 2 aromatic carbocycles. The van der Waals surface area contributed by atoms with Crippen LogP contribution < -0.4 is 21.1 Å². The van der Waals surface area contributed by atoms with Crippen molar-refractivity contribution >= 4 is 33.9 Å². The van der Waals surface area contributed by atoms with E-state index < -0.39 is 11.8 Å². The van der Waals surface area contributed by atoms with E-state index in [0.29, 0.717) is 35.2 Å². The molecule has 8 nitrogen and oxygen atoms in total. The number of rotatable bonds is 6. The third-order valence-corrected chi connectivity index (χ3v) is 5.58. The number of fused-ring (bicyclic) bond motifs is 1. The Morgan fingerprint density at radius 3 is 2.53 bits per heavy atom. The number of hydrogen-bond donors (Lipinski definition) is 2. The number of ether oxygens (including phenoxy) is 1. The first-order valence-electron chi connectivity index (χ1n) is 9.92. The van der Waals surface area contributed by atoms with Gasteiger partial charge in [-0.1, -0.05) is 30.3 Å². The summed E-state index contributed by atoms with van der Waals surface area (Å²) in [7, 11) is 0. The largest absolute Gasteiger partial charge is 0.488 e. The zero-order valence-electron chi connectivity index (χ0n) is 17.2. The van der Waals surface area contributed by atoms with Gasteiger partial charge in [0, 0.05) is 22.4 Å². The summed E-state index contributed by atoms with van der Waals surface area (Å²) in [6, 6.07) is 17.3. The maximum absolute atomic E-state index is 12.7. The summed E-state index contributed by atoms with van der Waals surface area (Å²) in [5.74, 6) is -0.588. The average Bonchev–Trinajstić information content (AvgIpc) is 3.35. The maximum atomic E-state index is 12.7. The first-order valence-corrected chi connectivity index (χ1v) is 10.8. The highest BCUT2D eigenvalue weighted by atomic mass is 32.1. The Morgan fingerprint density at radius 2 is 1.78 bits per heavy atom.